The molecule has 28 heavy (non-hydrogen) atoms. The van der Waals surface area contributed by atoms with Crippen molar-refractivity contribution in [1.29, 1.82) is 0 Å². The Morgan fingerprint density at radius 2 is 2.04 bits per heavy atom. The minimum absolute atomic E-state index is 0.0470. The number of amides is 4. The van der Waals surface area contributed by atoms with E-state index >= 15 is 0 Å². The van der Waals surface area contributed by atoms with Crippen LogP contribution < -0.4 is 10.6 Å². The molecule has 3 rings (SSSR count). The molecule has 7 heteroatoms. The summed E-state index contributed by atoms with van der Waals surface area (Å²) in [5.41, 5.74) is -1.00. The fraction of sp³-hybridized carbons (Fsp3) is 0.571. The highest BCUT2D eigenvalue weighted by Gasteiger charge is 2.55. The van der Waals surface area contributed by atoms with E-state index in [1.54, 1.807) is 18.2 Å². The van der Waals surface area contributed by atoms with Gasteiger partial charge in [-0.15, -0.1) is 0 Å². The highest BCUT2D eigenvalue weighted by molar-refractivity contribution is 6.09. The van der Waals surface area contributed by atoms with Gasteiger partial charge in [0.05, 0.1) is 0 Å². The van der Waals surface area contributed by atoms with E-state index in [0.29, 0.717) is 12.0 Å². The Bertz CT molecular complexity index is 795. The lowest BCUT2D eigenvalue weighted by molar-refractivity contribution is -0.137. The highest BCUT2D eigenvalue weighted by Crippen LogP contribution is 2.38. The van der Waals surface area contributed by atoms with Crippen molar-refractivity contribution in [2.24, 2.45) is 5.92 Å². The van der Waals surface area contributed by atoms with Gasteiger partial charge in [0, 0.05) is 12.0 Å². The van der Waals surface area contributed by atoms with Gasteiger partial charge in [0.25, 0.3) is 5.91 Å². The SMILES string of the molecule is CC1CCCCC12NC(=O)N(CC(=O)NCC(C)(C)c1ccccc1F)C2=O. The Morgan fingerprint density at radius 3 is 2.71 bits per heavy atom. The molecule has 2 unspecified atom stereocenters. The van der Waals surface area contributed by atoms with Crippen molar-refractivity contribution in [1.82, 2.24) is 15.5 Å². The van der Waals surface area contributed by atoms with Crippen molar-refractivity contribution < 1.29 is 18.8 Å². The number of rotatable bonds is 5. The van der Waals surface area contributed by atoms with Crippen molar-refractivity contribution >= 4 is 17.8 Å². The van der Waals surface area contributed by atoms with Crippen LogP contribution in [0.2, 0.25) is 0 Å². The van der Waals surface area contributed by atoms with E-state index in [9.17, 15) is 18.8 Å². The van der Waals surface area contributed by atoms with Crippen molar-refractivity contribution in [3.8, 4) is 0 Å². The second-order valence-corrected chi connectivity index (χ2v) is 8.58. The topological polar surface area (TPSA) is 78.5 Å². The van der Waals surface area contributed by atoms with Gasteiger partial charge >= 0.3 is 6.03 Å². The summed E-state index contributed by atoms with van der Waals surface area (Å²) < 4.78 is 14.1. The first-order valence-electron chi connectivity index (χ1n) is 9.83. The van der Waals surface area contributed by atoms with Gasteiger partial charge in [0.1, 0.15) is 17.9 Å². The zero-order valence-electron chi connectivity index (χ0n) is 16.7. The first-order chi connectivity index (χ1) is 13.2. The van der Waals surface area contributed by atoms with Crippen molar-refractivity contribution in [2.45, 2.75) is 57.4 Å². The lowest BCUT2D eigenvalue weighted by atomic mass is 9.73. The third-order valence-corrected chi connectivity index (χ3v) is 6.13. The molecule has 0 bridgehead atoms. The van der Waals surface area contributed by atoms with Gasteiger partial charge in [-0.2, -0.15) is 0 Å². The van der Waals surface area contributed by atoms with Gasteiger partial charge in [-0.3, -0.25) is 14.5 Å². The Labute approximate surface area is 164 Å². The second-order valence-electron chi connectivity index (χ2n) is 8.58. The molecule has 2 fully saturated rings. The van der Waals surface area contributed by atoms with Crippen molar-refractivity contribution in [3.63, 3.8) is 0 Å². The molecule has 2 aliphatic rings. The maximum atomic E-state index is 14.1. The lowest BCUT2D eigenvalue weighted by Gasteiger charge is -2.36. The quantitative estimate of drug-likeness (QED) is 0.760. The first-order valence-corrected chi connectivity index (χ1v) is 9.83. The van der Waals surface area contributed by atoms with Gasteiger partial charge in [0.15, 0.2) is 0 Å². The molecule has 1 aromatic carbocycles. The van der Waals surface area contributed by atoms with Gasteiger partial charge in [-0.1, -0.05) is 51.8 Å². The number of carbonyl (C=O) groups excluding carboxylic acids is 3. The molecule has 0 aromatic heterocycles. The average molecular weight is 389 g/mol. The van der Waals surface area contributed by atoms with Gasteiger partial charge < -0.3 is 10.6 Å². The monoisotopic (exact) mass is 389 g/mol. The van der Waals surface area contributed by atoms with E-state index in [4.69, 9.17) is 0 Å². The van der Waals surface area contributed by atoms with Gasteiger partial charge in [-0.25, -0.2) is 9.18 Å². The highest BCUT2D eigenvalue weighted by atomic mass is 19.1. The molecule has 2 N–H and O–H groups in total. The van der Waals surface area contributed by atoms with Crippen LogP contribution in [-0.2, 0) is 15.0 Å². The van der Waals surface area contributed by atoms with Crippen LogP contribution in [0.25, 0.3) is 0 Å². The Balaban J connectivity index is 1.63. The smallest absolute Gasteiger partial charge is 0.325 e. The molecular weight excluding hydrogens is 361 g/mol. The third kappa shape index (κ3) is 3.62. The van der Waals surface area contributed by atoms with E-state index in [0.717, 1.165) is 24.2 Å². The van der Waals surface area contributed by atoms with Crippen molar-refractivity contribution in [3.05, 3.63) is 35.6 Å². The van der Waals surface area contributed by atoms with Crippen LogP contribution in [0, 0.1) is 11.7 Å². The summed E-state index contributed by atoms with van der Waals surface area (Å²) in [7, 11) is 0. The lowest BCUT2D eigenvalue weighted by Crippen LogP contribution is -2.54. The molecule has 1 saturated heterocycles. The van der Waals surface area contributed by atoms with E-state index in [2.05, 4.69) is 10.6 Å². The summed E-state index contributed by atoms with van der Waals surface area (Å²) in [6, 6.07) is 5.93. The molecule has 152 valence electrons. The molecule has 0 radical (unpaired) electrons. The van der Waals surface area contributed by atoms with Crippen LogP contribution in [0.3, 0.4) is 0 Å². The Morgan fingerprint density at radius 1 is 1.32 bits per heavy atom. The van der Waals surface area contributed by atoms with Crippen LogP contribution in [0.4, 0.5) is 9.18 Å². The summed E-state index contributed by atoms with van der Waals surface area (Å²) in [6.07, 6.45) is 3.41. The van der Waals surface area contributed by atoms with Crippen molar-refractivity contribution in [2.75, 3.05) is 13.1 Å². The van der Waals surface area contributed by atoms with Gasteiger partial charge in [-0.05, 0) is 30.4 Å². The standard InChI is InChI=1S/C21H28FN3O3/c1-14-8-6-7-11-21(14)18(27)25(19(28)24-21)12-17(26)23-13-20(2,3)15-9-4-5-10-16(15)22/h4-5,9-10,14H,6-8,11-13H2,1-3H3,(H,23,26)(H,24,28). The first kappa shape index (κ1) is 20.3. The number of carbonyl (C=O) groups is 3. The maximum absolute atomic E-state index is 14.1. The van der Waals surface area contributed by atoms with Crippen LogP contribution in [0.15, 0.2) is 24.3 Å². The number of nitrogens with zero attached hydrogens (tertiary/aromatic N) is 1. The predicted molar refractivity (Wildman–Crippen MR) is 103 cm³/mol. The molecule has 1 heterocycles. The molecule has 1 aliphatic heterocycles. The molecule has 1 spiro atoms. The zero-order chi connectivity index (χ0) is 20.5. The largest absolute Gasteiger partial charge is 0.354 e. The number of hydrogen-bond acceptors (Lipinski definition) is 3. The summed E-state index contributed by atoms with van der Waals surface area (Å²) in [6.45, 7) is 5.50. The maximum Gasteiger partial charge on any atom is 0.325 e. The van der Waals surface area contributed by atoms with E-state index < -0.39 is 22.9 Å². The summed E-state index contributed by atoms with van der Waals surface area (Å²) >= 11 is 0. The summed E-state index contributed by atoms with van der Waals surface area (Å²) in [5, 5.41) is 5.58. The average Bonchev–Trinajstić information content (AvgIpc) is 2.88. The van der Waals surface area contributed by atoms with Crippen LogP contribution >= 0.6 is 0 Å². The van der Waals surface area contributed by atoms with E-state index in [1.165, 1.54) is 6.07 Å². The molecular formula is C21H28FN3O3. The number of imide groups is 1. The Kier molecular flexibility index (Phi) is 5.46. The predicted octanol–water partition coefficient (Wildman–Crippen LogP) is 2.72. The molecule has 4 amide bonds. The summed E-state index contributed by atoms with van der Waals surface area (Å²) in [4.78, 5) is 38.7. The minimum atomic E-state index is -0.873. The fourth-order valence-corrected chi connectivity index (χ4v) is 4.26. The molecule has 1 aromatic rings. The number of hydrogen-bond donors (Lipinski definition) is 2. The van der Waals surface area contributed by atoms with E-state index in [1.807, 2.05) is 20.8 Å². The zero-order valence-corrected chi connectivity index (χ0v) is 16.7. The fourth-order valence-electron chi connectivity index (χ4n) is 4.26. The number of benzene rings is 1. The van der Waals surface area contributed by atoms with E-state index in [-0.39, 0.29) is 30.7 Å². The number of urea groups is 1. The molecule has 6 nitrogen and oxygen atoms in total. The van der Waals surface area contributed by atoms with Crippen LogP contribution in [-0.4, -0.2) is 41.4 Å². The van der Waals surface area contributed by atoms with Crippen LogP contribution in [0.5, 0.6) is 0 Å². The number of halogens is 1. The van der Waals surface area contributed by atoms with Gasteiger partial charge in [0.2, 0.25) is 5.91 Å². The summed E-state index contributed by atoms with van der Waals surface area (Å²) in [5.74, 6) is -1.03. The van der Waals surface area contributed by atoms with Crippen LogP contribution in [0.1, 0.15) is 52.0 Å². The molecule has 1 aliphatic carbocycles. The molecule has 2 atom stereocenters. The third-order valence-electron chi connectivity index (χ3n) is 6.13. The second kappa shape index (κ2) is 7.53. The molecule has 1 saturated carbocycles. The normalized spacial score (nSPS) is 25.1. The Hall–Kier alpha value is -2.44. The number of nitrogens with one attached hydrogen (secondary N) is 2. The minimum Gasteiger partial charge on any atom is -0.354 e.